The monoisotopic (exact) mass is 348 g/mol. The van der Waals surface area contributed by atoms with Crippen LogP contribution >= 0.6 is 0 Å². The molecule has 0 bridgehead atoms. The number of aryl methyl sites for hydroxylation is 1. The molecule has 1 aromatic heterocycles. The highest BCUT2D eigenvalue weighted by molar-refractivity contribution is 5.26. The van der Waals surface area contributed by atoms with Crippen molar-refractivity contribution in [3.05, 3.63) is 52.1 Å². The third-order valence-corrected chi connectivity index (χ3v) is 4.09. The molecule has 2 heterocycles. The molecule has 2 aromatic rings. The Balaban J connectivity index is 1.74. The van der Waals surface area contributed by atoms with Gasteiger partial charge in [-0.1, -0.05) is 12.1 Å². The van der Waals surface area contributed by atoms with Crippen molar-refractivity contribution in [3.63, 3.8) is 0 Å². The zero-order valence-electron chi connectivity index (χ0n) is 13.7. The van der Waals surface area contributed by atoms with E-state index < -0.39 is 24.1 Å². The van der Waals surface area contributed by atoms with Crippen molar-refractivity contribution in [2.75, 3.05) is 6.61 Å². The lowest BCUT2D eigenvalue weighted by Crippen LogP contribution is -2.28. The minimum absolute atomic E-state index is 0.167. The molecule has 8 nitrogen and oxygen atoms in total. The first-order valence-electron chi connectivity index (χ1n) is 7.93. The fourth-order valence-electron chi connectivity index (χ4n) is 2.70. The maximum Gasteiger partial charge on any atom is 0.352 e. The fourth-order valence-corrected chi connectivity index (χ4v) is 2.70. The van der Waals surface area contributed by atoms with Gasteiger partial charge in [-0.15, -0.1) is 0 Å². The third kappa shape index (κ3) is 3.81. The predicted molar refractivity (Wildman–Crippen MR) is 87.3 cm³/mol. The summed E-state index contributed by atoms with van der Waals surface area (Å²) in [6.45, 7) is 1.65. The standard InChI is InChI=1S/C17H20N2O6/c1-10-7-19(15-6-13(22)14(8-20)25-15)17(23)18-16(10)24-9-11-2-4-12(21)5-3-11/h2-5,7,13-15,20-22H,6,8-9H2,1H3. The van der Waals surface area contributed by atoms with E-state index in [0.29, 0.717) is 5.56 Å². The highest BCUT2D eigenvalue weighted by atomic mass is 16.5. The Bertz CT molecular complexity index is 789. The Labute approximate surface area is 143 Å². The maximum atomic E-state index is 12.3. The second kappa shape index (κ2) is 7.22. The molecule has 0 amide bonds. The van der Waals surface area contributed by atoms with Crippen molar-refractivity contribution in [1.29, 1.82) is 0 Å². The molecule has 25 heavy (non-hydrogen) atoms. The molecule has 3 N–H and O–H groups in total. The normalized spacial score (nSPS) is 22.9. The lowest BCUT2D eigenvalue weighted by molar-refractivity contribution is -0.0460. The van der Waals surface area contributed by atoms with Crippen LogP contribution in [0.25, 0.3) is 0 Å². The smallest absolute Gasteiger partial charge is 0.352 e. The molecule has 0 spiro atoms. The summed E-state index contributed by atoms with van der Waals surface area (Å²) in [4.78, 5) is 16.2. The van der Waals surface area contributed by atoms with Gasteiger partial charge in [0, 0.05) is 18.2 Å². The highest BCUT2D eigenvalue weighted by Gasteiger charge is 2.35. The van der Waals surface area contributed by atoms with Gasteiger partial charge in [-0.05, 0) is 24.6 Å². The van der Waals surface area contributed by atoms with E-state index in [9.17, 15) is 15.0 Å². The number of benzene rings is 1. The lowest BCUT2D eigenvalue weighted by atomic mass is 10.2. The summed E-state index contributed by atoms with van der Waals surface area (Å²) < 4.78 is 12.4. The molecule has 134 valence electrons. The lowest BCUT2D eigenvalue weighted by Gasteiger charge is -2.16. The van der Waals surface area contributed by atoms with Crippen molar-refractivity contribution >= 4 is 0 Å². The second-order valence-corrected chi connectivity index (χ2v) is 5.99. The van der Waals surface area contributed by atoms with E-state index in [1.807, 2.05) is 0 Å². The summed E-state index contributed by atoms with van der Waals surface area (Å²) >= 11 is 0. The summed E-state index contributed by atoms with van der Waals surface area (Å²) in [5, 5.41) is 28.2. The van der Waals surface area contributed by atoms with Gasteiger partial charge in [0.2, 0.25) is 5.88 Å². The Morgan fingerprint density at radius 1 is 1.36 bits per heavy atom. The van der Waals surface area contributed by atoms with Gasteiger partial charge < -0.3 is 24.8 Å². The van der Waals surface area contributed by atoms with Crippen molar-refractivity contribution in [3.8, 4) is 11.6 Å². The summed E-state index contributed by atoms with van der Waals surface area (Å²) in [6, 6.07) is 6.54. The first kappa shape index (κ1) is 17.4. The van der Waals surface area contributed by atoms with Crippen LogP contribution in [0.2, 0.25) is 0 Å². The maximum absolute atomic E-state index is 12.3. The molecule has 0 radical (unpaired) electrons. The molecular weight excluding hydrogens is 328 g/mol. The number of hydrogen-bond acceptors (Lipinski definition) is 7. The Kier molecular flexibility index (Phi) is 5.03. The van der Waals surface area contributed by atoms with Crippen LogP contribution in [-0.2, 0) is 11.3 Å². The molecule has 0 aliphatic carbocycles. The van der Waals surface area contributed by atoms with Gasteiger partial charge in [0.25, 0.3) is 0 Å². The SMILES string of the molecule is Cc1cn(C2CC(O)C(CO)O2)c(=O)nc1OCc1ccc(O)cc1. The number of aliphatic hydroxyl groups is 2. The molecule has 8 heteroatoms. The van der Waals surface area contributed by atoms with Crippen molar-refractivity contribution in [2.24, 2.45) is 0 Å². The van der Waals surface area contributed by atoms with Gasteiger partial charge in [-0.25, -0.2) is 4.79 Å². The van der Waals surface area contributed by atoms with Gasteiger partial charge in [0.15, 0.2) is 0 Å². The molecule has 0 saturated carbocycles. The molecule has 1 aromatic carbocycles. The summed E-state index contributed by atoms with van der Waals surface area (Å²) in [5.41, 5.74) is 0.919. The van der Waals surface area contributed by atoms with E-state index in [1.165, 1.54) is 4.57 Å². The minimum Gasteiger partial charge on any atom is -0.508 e. The third-order valence-electron chi connectivity index (χ3n) is 4.09. The molecular formula is C17H20N2O6. The van der Waals surface area contributed by atoms with Gasteiger partial charge >= 0.3 is 5.69 Å². The number of rotatable bonds is 5. The van der Waals surface area contributed by atoms with Gasteiger partial charge in [-0.3, -0.25) is 4.57 Å². The topological polar surface area (TPSA) is 114 Å². The molecule has 1 aliphatic heterocycles. The number of phenolic OH excluding ortho intramolecular Hbond substituents is 1. The second-order valence-electron chi connectivity index (χ2n) is 5.99. The van der Waals surface area contributed by atoms with Crippen LogP contribution in [0.1, 0.15) is 23.8 Å². The van der Waals surface area contributed by atoms with E-state index in [4.69, 9.17) is 14.6 Å². The largest absolute Gasteiger partial charge is 0.508 e. The molecule has 3 rings (SSSR count). The predicted octanol–water partition coefficient (Wildman–Crippen LogP) is 0.477. The van der Waals surface area contributed by atoms with Crippen LogP contribution < -0.4 is 10.4 Å². The molecule has 3 atom stereocenters. The van der Waals surface area contributed by atoms with Gasteiger partial charge in [0.05, 0.1) is 12.7 Å². The summed E-state index contributed by atoms with van der Waals surface area (Å²) in [7, 11) is 0. The van der Waals surface area contributed by atoms with Crippen LogP contribution in [0, 0.1) is 6.92 Å². The number of ether oxygens (including phenoxy) is 2. The van der Waals surface area contributed by atoms with Crippen LogP contribution in [0.15, 0.2) is 35.3 Å². The number of aromatic nitrogens is 2. The highest BCUT2D eigenvalue weighted by Crippen LogP contribution is 2.28. The number of hydrogen-bond donors (Lipinski definition) is 3. The average Bonchev–Trinajstić information content (AvgIpc) is 2.97. The summed E-state index contributed by atoms with van der Waals surface area (Å²) in [6.07, 6.45) is -0.425. The van der Waals surface area contributed by atoms with E-state index in [0.717, 1.165) is 5.56 Å². The van der Waals surface area contributed by atoms with E-state index >= 15 is 0 Å². The average molecular weight is 348 g/mol. The van der Waals surface area contributed by atoms with Crippen LogP contribution in [0.3, 0.4) is 0 Å². The Hall–Kier alpha value is -2.42. The van der Waals surface area contributed by atoms with Gasteiger partial charge in [0.1, 0.15) is 24.7 Å². The summed E-state index contributed by atoms with van der Waals surface area (Å²) in [5.74, 6) is 0.382. The minimum atomic E-state index is -0.826. The molecule has 3 unspecified atom stereocenters. The van der Waals surface area contributed by atoms with E-state index in [2.05, 4.69) is 4.98 Å². The first-order valence-corrected chi connectivity index (χ1v) is 7.93. The van der Waals surface area contributed by atoms with Crippen LogP contribution in [0.4, 0.5) is 0 Å². The van der Waals surface area contributed by atoms with Gasteiger partial charge in [-0.2, -0.15) is 4.98 Å². The quantitative estimate of drug-likeness (QED) is 0.720. The Morgan fingerprint density at radius 2 is 2.08 bits per heavy atom. The van der Waals surface area contributed by atoms with Crippen LogP contribution in [-0.4, -0.2) is 43.7 Å². The zero-order valence-corrected chi connectivity index (χ0v) is 13.7. The molecule has 1 saturated heterocycles. The molecule has 1 aliphatic rings. The number of phenols is 1. The van der Waals surface area contributed by atoms with Crippen molar-refractivity contribution < 1.29 is 24.8 Å². The zero-order chi connectivity index (χ0) is 18.0. The Morgan fingerprint density at radius 3 is 2.72 bits per heavy atom. The molecule has 1 fully saturated rings. The van der Waals surface area contributed by atoms with Crippen molar-refractivity contribution in [1.82, 2.24) is 9.55 Å². The number of aromatic hydroxyl groups is 1. The van der Waals surface area contributed by atoms with E-state index in [-0.39, 0.29) is 31.3 Å². The van der Waals surface area contributed by atoms with Crippen LogP contribution in [0.5, 0.6) is 11.6 Å². The number of nitrogens with zero attached hydrogens (tertiary/aromatic N) is 2. The fraction of sp³-hybridized carbons (Fsp3) is 0.412. The number of aliphatic hydroxyl groups excluding tert-OH is 2. The van der Waals surface area contributed by atoms with Crippen molar-refractivity contribution in [2.45, 2.75) is 38.4 Å². The van der Waals surface area contributed by atoms with E-state index in [1.54, 1.807) is 37.4 Å². The first-order chi connectivity index (χ1) is 12.0.